The zero-order valence-electron chi connectivity index (χ0n) is 12.4. The summed E-state index contributed by atoms with van der Waals surface area (Å²) in [5, 5.41) is 9.71. The summed E-state index contributed by atoms with van der Waals surface area (Å²) < 4.78 is 10.0. The largest absolute Gasteiger partial charge is 0.507 e. The van der Waals surface area contributed by atoms with Gasteiger partial charge in [0.05, 0.1) is 0 Å². The van der Waals surface area contributed by atoms with Gasteiger partial charge in [0.2, 0.25) is 0 Å². The van der Waals surface area contributed by atoms with E-state index in [4.69, 9.17) is 15.6 Å². The van der Waals surface area contributed by atoms with Crippen LogP contribution in [0.1, 0.15) is 21.7 Å². The van der Waals surface area contributed by atoms with Crippen LogP contribution < -0.4 is 10.4 Å². The van der Waals surface area contributed by atoms with Gasteiger partial charge in [-0.3, -0.25) is 4.79 Å². The number of rotatable bonds is 5. The third-order valence-electron chi connectivity index (χ3n) is 2.93. The van der Waals surface area contributed by atoms with Crippen LogP contribution in [-0.2, 0) is 0 Å². The maximum absolute atomic E-state index is 12.0. The first-order valence-corrected chi connectivity index (χ1v) is 6.73. The first-order chi connectivity index (χ1) is 11.0. The molecule has 116 valence electrons. The van der Waals surface area contributed by atoms with Gasteiger partial charge in [0.15, 0.2) is 5.78 Å². The second-order valence-electron chi connectivity index (χ2n) is 4.66. The van der Waals surface area contributed by atoms with Crippen LogP contribution in [0.4, 0.5) is 0 Å². The third-order valence-corrected chi connectivity index (χ3v) is 2.93. The van der Waals surface area contributed by atoms with Crippen LogP contribution >= 0.6 is 0 Å². The van der Waals surface area contributed by atoms with Crippen LogP contribution in [0, 0.1) is 19.3 Å². The molecular weight excluding hydrogens is 296 g/mol. The van der Waals surface area contributed by atoms with Crippen molar-refractivity contribution in [2.24, 2.45) is 0 Å². The Labute approximate surface area is 132 Å². The minimum absolute atomic E-state index is 0.177. The van der Waals surface area contributed by atoms with Gasteiger partial charge in [0.25, 0.3) is 0 Å². The quantitative estimate of drug-likeness (QED) is 0.522. The molecule has 0 bridgehead atoms. The van der Waals surface area contributed by atoms with Crippen LogP contribution in [0.3, 0.4) is 0 Å². The van der Waals surface area contributed by atoms with Gasteiger partial charge >= 0.3 is 5.63 Å². The zero-order chi connectivity index (χ0) is 16.8. The molecule has 5 heteroatoms. The molecule has 1 aromatic heterocycles. The lowest BCUT2D eigenvalue weighted by atomic mass is 10.1. The Morgan fingerprint density at radius 3 is 2.70 bits per heavy atom. The Morgan fingerprint density at radius 1 is 1.39 bits per heavy atom. The molecule has 1 heterocycles. The van der Waals surface area contributed by atoms with Gasteiger partial charge in [-0.05, 0) is 30.7 Å². The number of aryl methyl sites for hydroxylation is 1. The molecule has 0 spiro atoms. The van der Waals surface area contributed by atoms with Gasteiger partial charge in [-0.2, -0.15) is 0 Å². The summed E-state index contributed by atoms with van der Waals surface area (Å²) in [6.45, 7) is 1.69. The van der Waals surface area contributed by atoms with Crippen molar-refractivity contribution in [3.05, 3.63) is 63.7 Å². The van der Waals surface area contributed by atoms with E-state index in [0.29, 0.717) is 5.75 Å². The Hall–Kier alpha value is -3.26. The maximum atomic E-state index is 12.0. The van der Waals surface area contributed by atoms with Crippen molar-refractivity contribution in [2.45, 2.75) is 6.92 Å². The lowest BCUT2D eigenvalue weighted by Gasteiger charge is -2.02. The van der Waals surface area contributed by atoms with Crippen molar-refractivity contribution in [1.82, 2.24) is 0 Å². The summed E-state index contributed by atoms with van der Waals surface area (Å²) in [6.07, 6.45) is 7.81. The predicted molar refractivity (Wildman–Crippen MR) is 85.5 cm³/mol. The number of benzene rings is 1. The lowest BCUT2D eigenvalue weighted by Crippen LogP contribution is -2.12. The van der Waals surface area contributed by atoms with E-state index in [9.17, 15) is 14.7 Å². The number of hydrogen-bond acceptors (Lipinski definition) is 5. The van der Waals surface area contributed by atoms with E-state index >= 15 is 0 Å². The van der Waals surface area contributed by atoms with Crippen molar-refractivity contribution in [2.75, 3.05) is 6.61 Å². The summed E-state index contributed by atoms with van der Waals surface area (Å²) in [6, 6.07) is 8.10. The van der Waals surface area contributed by atoms with Crippen LogP contribution in [0.2, 0.25) is 0 Å². The molecular formula is C18H14O5. The SMILES string of the molecule is C#CCOc1ccc(C=CC(=O)c2c(O)cc(C)oc2=O)cc1. The first-order valence-electron chi connectivity index (χ1n) is 6.73. The van der Waals surface area contributed by atoms with E-state index in [1.165, 1.54) is 25.1 Å². The van der Waals surface area contributed by atoms with Crippen molar-refractivity contribution < 1.29 is 19.1 Å². The summed E-state index contributed by atoms with van der Waals surface area (Å²) in [5.41, 5.74) is -0.529. The van der Waals surface area contributed by atoms with E-state index in [-0.39, 0.29) is 17.9 Å². The average molecular weight is 310 g/mol. The van der Waals surface area contributed by atoms with Crippen molar-refractivity contribution in [3.63, 3.8) is 0 Å². The van der Waals surface area contributed by atoms with Gasteiger partial charge < -0.3 is 14.3 Å². The summed E-state index contributed by atoms with van der Waals surface area (Å²) in [7, 11) is 0. The lowest BCUT2D eigenvalue weighted by molar-refractivity contribution is 0.104. The highest BCUT2D eigenvalue weighted by Gasteiger charge is 2.15. The number of aromatic hydroxyl groups is 1. The van der Waals surface area contributed by atoms with Crippen molar-refractivity contribution >= 4 is 11.9 Å². The molecule has 5 nitrogen and oxygen atoms in total. The van der Waals surface area contributed by atoms with E-state index < -0.39 is 17.2 Å². The highest BCUT2D eigenvalue weighted by molar-refractivity contribution is 6.08. The van der Waals surface area contributed by atoms with Gasteiger partial charge in [0.1, 0.15) is 29.4 Å². The average Bonchev–Trinajstić information content (AvgIpc) is 2.51. The van der Waals surface area contributed by atoms with Crippen LogP contribution in [0.5, 0.6) is 11.5 Å². The van der Waals surface area contributed by atoms with Gasteiger partial charge in [-0.15, -0.1) is 6.42 Å². The number of ketones is 1. The normalized spacial score (nSPS) is 10.4. The molecule has 1 aromatic carbocycles. The Balaban J connectivity index is 2.16. The molecule has 0 aliphatic carbocycles. The fraction of sp³-hybridized carbons (Fsp3) is 0.111. The number of hydrogen-bond donors (Lipinski definition) is 1. The first kappa shape index (κ1) is 16.1. The summed E-state index contributed by atoms with van der Waals surface area (Å²) >= 11 is 0. The minimum Gasteiger partial charge on any atom is -0.507 e. The summed E-state index contributed by atoms with van der Waals surface area (Å²) in [5.74, 6) is 2.17. The molecule has 0 saturated heterocycles. The number of carbonyl (C=O) groups excluding carboxylic acids is 1. The standard InChI is InChI=1S/C18H14O5/c1-3-10-22-14-7-4-13(5-8-14)6-9-15(19)17-16(20)11-12(2)23-18(17)21/h1,4-9,11,20H,10H2,2H3. The predicted octanol–water partition coefficient (Wildman–Crippen LogP) is 2.56. The molecule has 0 unspecified atom stereocenters. The molecule has 0 amide bonds. The molecule has 0 aliphatic rings. The molecule has 1 N–H and O–H groups in total. The zero-order valence-corrected chi connectivity index (χ0v) is 12.4. The second kappa shape index (κ2) is 7.14. The number of ether oxygens (including phenoxy) is 1. The van der Waals surface area contributed by atoms with Crippen LogP contribution in [0.15, 0.2) is 45.6 Å². The molecule has 23 heavy (non-hydrogen) atoms. The van der Waals surface area contributed by atoms with Gasteiger partial charge in [0, 0.05) is 6.07 Å². The van der Waals surface area contributed by atoms with Crippen LogP contribution in [-0.4, -0.2) is 17.5 Å². The number of allylic oxidation sites excluding steroid dienone is 1. The molecule has 2 rings (SSSR count). The Morgan fingerprint density at radius 2 is 2.09 bits per heavy atom. The van der Waals surface area contributed by atoms with Crippen molar-refractivity contribution in [1.29, 1.82) is 0 Å². The van der Waals surface area contributed by atoms with E-state index in [1.807, 2.05) is 0 Å². The minimum atomic E-state index is -0.866. The van der Waals surface area contributed by atoms with E-state index in [2.05, 4.69) is 5.92 Å². The highest BCUT2D eigenvalue weighted by Crippen LogP contribution is 2.17. The number of terminal acetylenes is 1. The van der Waals surface area contributed by atoms with Crippen LogP contribution in [0.25, 0.3) is 6.08 Å². The topological polar surface area (TPSA) is 76.7 Å². The monoisotopic (exact) mass is 310 g/mol. The molecule has 0 radical (unpaired) electrons. The third kappa shape index (κ3) is 4.11. The Kier molecular flexibility index (Phi) is 5.00. The van der Waals surface area contributed by atoms with E-state index in [0.717, 1.165) is 5.56 Å². The molecule has 0 fully saturated rings. The second-order valence-corrected chi connectivity index (χ2v) is 4.66. The fourth-order valence-corrected chi connectivity index (χ4v) is 1.88. The van der Waals surface area contributed by atoms with Gasteiger partial charge in [-0.1, -0.05) is 24.1 Å². The Bertz CT molecular complexity index is 835. The summed E-state index contributed by atoms with van der Waals surface area (Å²) in [4.78, 5) is 23.7. The molecule has 0 atom stereocenters. The van der Waals surface area contributed by atoms with Crippen molar-refractivity contribution in [3.8, 4) is 23.8 Å². The highest BCUT2D eigenvalue weighted by atomic mass is 16.5. The van der Waals surface area contributed by atoms with E-state index in [1.54, 1.807) is 24.3 Å². The fourth-order valence-electron chi connectivity index (χ4n) is 1.88. The van der Waals surface area contributed by atoms with Gasteiger partial charge in [-0.25, -0.2) is 4.79 Å². The molecule has 2 aromatic rings. The number of carbonyl (C=O) groups is 1. The molecule has 0 saturated carbocycles. The molecule has 0 aliphatic heterocycles. The maximum Gasteiger partial charge on any atom is 0.351 e. The smallest absolute Gasteiger partial charge is 0.351 e.